The van der Waals surface area contributed by atoms with Crippen molar-refractivity contribution in [3.63, 3.8) is 0 Å². The van der Waals surface area contributed by atoms with Gasteiger partial charge in [0.05, 0.1) is 27.8 Å². The molecule has 3 rings (SSSR count). The summed E-state index contributed by atoms with van der Waals surface area (Å²) in [6, 6.07) is 16.7. The van der Waals surface area contributed by atoms with Gasteiger partial charge < -0.3 is 10.1 Å². The zero-order chi connectivity index (χ0) is 21.7. The zero-order valence-electron chi connectivity index (χ0n) is 15.6. The number of carbonyl (C=O) groups excluding carboxylic acids is 2. The second-order valence-electron chi connectivity index (χ2n) is 6.41. The number of hydrogen-bond donors (Lipinski definition) is 1. The molecule has 0 saturated carbocycles. The average Bonchev–Trinajstić information content (AvgIpc) is 2.73. The number of rotatable bonds is 7. The van der Waals surface area contributed by atoms with Gasteiger partial charge >= 0.3 is 5.97 Å². The molecule has 9 heteroatoms. The molecule has 0 atom stereocenters. The van der Waals surface area contributed by atoms with Crippen molar-refractivity contribution in [2.24, 2.45) is 0 Å². The van der Waals surface area contributed by atoms with Crippen LogP contribution < -0.4 is 5.32 Å². The standard InChI is InChI=1S/C21H17Cl2NO5S/c22-16-6-8-18(23)19(12-16)24-20(25)13-29-21(26)9-10-30(27,28)17-7-5-14-3-1-2-4-15(14)11-17/h1-8,11-12H,9-10,13H2,(H,24,25). The number of hydrogen-bond acceptors (Lipinski definition) is 5. The Bertz CT molecular complexity index is 1210. The molecular formula is C21H17Cl2NO5S. The smallest absolute Gasteiger partial charge is 0.307 e. The summed E-state index contributed by atoms with van der Waals surface area (Å²) in [4.78, 5) is 23.9. The van der Waals surface area contributed by atoms with Gasteiger partial charge in [-0.15, -0.1) is 0 Å². The van der Waals surface area contributed by atoms with Crippen LogP contribution in [-0.4, -0.2) is 32.7 Å². The van der Waals surface area contributed by atoms with Gasteiger partial charge in [0.15, 0.2) is 16.4 Å². The summed E-state index contributed by atoms with van der Waals surface area (Å²) in [5.41, 5.74) is 0.282. The lowest BCUT2D eigenvalue weighted by molar-refractivity contribution is -0.146. The van der Waals surface area contributed by atoms with Gasteiger partial charge in [0.2, 0.25) is 0 Å². The number of amides is 1. The molecule has 0 aliphatic rings. The molecule has 6 nitrogen and oxygen atoms in total. The lowest BCUT2D eigenvalue weighted by Gasteiger charge is -2.09. The van der Waals surface area contributed by atoms with E-state index in [0.29, 0.717) is 5.02 Å². The van der Waals surface area contributed by atoms with Crippen LogP contribution in [0.1, 0.15) is 6.42 Å². The fourth-order valence-electron chi connectivity index (χ4n) is 2.69. The number of benzene rings is 3. The van der Waals surface area contributed by atoms with Crippen molar-refractivity contribution in [3.8, 4) is 0 Å². The molecule has 1 N–H and O–H groups in total. The van der Waals surface area contributed by atoms with E-state index in [1.807, 2.05) is 24.3 Å². The third-order valence-corrected chi connectivity index (χ3v) is 6.50. The Balaban J connectivity index is 1.53. The summed E-state index contributed by atoms with van der Waals surface area (Å²) >= 11 is 11.8. The van der Waals surface area contributed by atoms with E-state index in [1.54, 1.807) is 18.2 Å². The molecule has 1 amide bonds. The van der Waals surface area contributed by atoms with Gasteiger partial charge in [0.1, 0.15) is 0 Å². The summed E-state index contributed by atoms with van der Waals surface area (Å²) in [5, 5.41) is 4.84. The Hall–Kier alpha value is -2.61. The van der Waals surface area contributed by atoms with Gasteiger partial charge in [0, 0.05) is 5.02 Å². The van der Waals surface area contributed by atoms with E-state index in [2.05, 4.69) is 5.32 Å². The molecule has 0 unspecified atom stereocenters. The highest BCUT2D eigenvalue weighted by molar-refractivity contribution is 7.91. The summed E-state index contributed by atoms with van der Waals surface area (Å²) < 4.78 is 29.9. The van der Waals surface area contributed by atoms with E-state index in [1.165, 1.54) is 18.2 Å². The first kappa shape index (κ1) is 22.1. The molecule has 0 fully saturated rings. The van der Waals surface area contributed by atoms with Crippen LogP contribution in [0, 0.1) is 0 Å². The summed E-state index contributed by atoms with van der Waals surface area (Å²) in [6.07, 6.45) is -0.375. The minimum atomic E-state index is -3.68. The molecule has 30 heavy (non-hydrogen) atoms. The van der Waals surface area contributed by atoms with E-state index in [9.17, 15) is 18.0 Å². The largest absolute Gasteiger partial charge is 0.456 e. The molecule has 3 aromatic rings. The number of anilines is 1. The zero-order valence-corrected chi connectivity index (χ0v) is 17.9. The maximum absolute atomic E-state index is 12.5. The van der Waals surface area contributed by atoms with Crippen molar-refractivity contribution in [2.45, 2.75) is 11.3 Å². The molecule has 0 spiro atoms. The van der Waals surface area contributed by atoms with E-state index >= 15 is 0 Å². The predicted octanol–water partition coefficient (Wildman–Crippen LogP) is 4.49. The average molecular weight is 466 g/mol. The van der Waals surface area contributed by atoms with Crippen LogP contribution in [0.3, 0.4) is 0 Å². The highest BCUT2D eigenvalue weighted by atomic mass is 35.5. The van der Waals surface area contributed by atoms with Crippen molar-refractivity contribution < 1.29 is 22.7 Å². The van der Waals surface area contributed by atoms with Crippen LogP contribution in [0.4, 0.5) is 5.69 Å². The number of carbonyl (C=O) groups is 2. The molecule has 0 aliphatic carbocycles. The second kappa shape index (κ2) is 9.47. The number of fused-ring (bicyclic) bond motifs is 1. The normalized spacial score (nSPS) is 11.3. The molecule has 0 aromatic heterocycles. The van der Waals surface area contributed by atoms with Crippen LogP contribution in [0.15, 0.2) is 65.6 Å². The maximum Gasteiger partial charge on any atom is 0.307 e. The highest BCUT2D eigenvalue weighted by Gasteiger charge is 2.18. The van der Waals surface area contributed by atoms with E-state index in [0.717, 1.165) is 10.8 Å². The number of esters is 1. The molecule has 0 heterocycles. The Kier molecular flexibility index (Phi) is 6.97. The molecule has 156 valence electrons. The van der Waals surface area contributed by atoms with E-state index < -0.39 is 34.1 Å². The molecule has 0 bridgehead atoms. The Morgan fingerprint density at radius 1 is 0.933 bits per heavy atom. The van der Waals surface area contributed by atoms with Crippen molar-refractivity contribution >= 4 is 61.4 Å². The Labute approximate surface area is 183 Å². The van der Waals surface area contributed by atoms with Crippen LogP contribution in [0.25, 0.3) is 10.8 Å². The van der Waals surface area contributed by atoms with Crippen LogP contribution in [-0.2, 0) is 24.2 Å². The fraction of sp³-hybridized carbons (Fsp3) is 0.143. The van der Waals surface area contributed by atoms with Crippen molar-refractivity contribution in [2.75, 3.05) is 17.7 Å². The summed E-state index contributed by atoms with van der Waals surface area (Å²) in [7, 11) is -3.68. The van der Waals surface area contributed by atoms with Crippen molar-refractivity contribution in [1.82, 2.24) is 0 Å². The number of ether oxygens (including phenoxy) is 1. The number of nitrogens with one attached hydrogen (secondary N) is 1. The fourth-order valence-corrected chi connectivity index (χ4v) is 4.28. The van der Waals surface area contributed by atoms with Gasteiger partial charge in [-0.05, 0) is 41.1 Å². The highest BCUT2D eigenvalue weighted by Crippen LogP contribution is 2.25. The second-order valence-corrected chi connectivity index (χ2v) is 9.36. The molecule has 0 saturated heterocycles. The van der Waals surface area contributed by atoms with Crippen LogP contribution in [0.5, 0.6) is 0 Å². The minimum absolute atomic E-state index is 0.127. The Morgan fingerprint density at radius 3 is 2.43 bits per heavy atom. The lowest BCUT2D eigenvalue weighted by atomic mass is 10.1. The van der Waals surface area contributed by atoms with Crippen molar-refractivity contribution in [1.29, 1.82) is 0 Å². The molecular weight excluding hydrogens is 449 g/mol. The first-order valence-electron chi connectivity index (χ1n) is 8.87. The third kappa shape index (κ3) is 5.72. The number of halogens is 2. The molecule has 0 radical (unpaired) electrons. The number of sulfone groups is 1. The van der Waals surface area contributed by atoms with Crippen LogP contribution in [0.2, 0.25) is 10.0 Å². The predicted molar refractivity (Wildman–Crippen MR) is 117 cm³/mol. The van der Waals surface area contributed by atoms with E-state index in [-0.39, 0.29) is 22.0 Å². The van der Waals surface area contributed by atoms with Crippen molar-refractivity contribution in [3.05, 3.63) is 70.7 Å². The van der Waals surface area contributed by atoms with Gasteiger partial charge in [0.25, 0.3) is 5.91 Å². The van der Waals surface area contributed by atoms with Gasteiger partial charge in [-0.3, -0.25) is 9.59 Å². The molecule has 0 aliphatic heterocycles. The van der Waals surface area contributed by atoms with Crippen LogP contribution >= 0.6 is 23.2 Å². The van der Waals surface area contributed by atoms with Gasteiger partial charge in [-0.2, -0.15) is 0 Å². The Morgan fingerprint density at radius 2 is 1.67 bits per heavy atom. The topological polar surface area (TPSA) is 89.5 Å². The monoisotopic (exact) mass is 465 g/mol. The summed E-state index contributed by atoms with van der Waals surface area (Å²) in [5.74, 6) is -1.84. The maximum atomic E-state index is 12.5. The quantitative estimate of drug-likeness (QED) is 0.519. The third-order valence-electron chi connectivity index (χ3n) is 4.22. The SMILES string of the molecule is O=C(COC(=O)CCS(=O)(=O)c1ccc2ccccc2c1)Nc1cc(Cl)ccc1Cl. The first-order valence-corrected chi connectivity index (χ1v) is 11.3. The first-order chi connectivity index (χ1) is 14.2. The minimum Gasteiger partial charge on any atom is -0.456 e. The lowest BCUT2D eigenvalue weighted by Crippen LogP contribution is -2.22. The van der Waals surface area contributed by atoms with Gasteiger partial charge in [-0.1, -0.05) is 53.5 Å². The summed E-state index contributed by atoms with van der Waals surface area (Å²) in [6.45, 7) is -0.572. The molecule has 3 aromatic carbocycles. The van der Waals surface area contributed by atoms with E-state index in [4.69, 9.17) is 27.9 Å². The van der Waals surface area contributed by atoms with Gasteiger partial charge in [-0.25, -0.2) is 8.42 Å².